The highest BCUT2D eigenvalue weighted by Crippen LogP contribution is 2.32. The van der Waals surface area contributed by atoms with Crippen molar-refractivity contribution in [1.82, 2.24) is 15.0 Å². The molecule has 2 aromatic heterocycles. The van der Waals surface area contributed by atoms with Gasteiger partial charge in [-0.25, -0.2) is 9.97 Å². The summed E-state index contributed by atoms with van der Waals surface area (Å²) in [5.41, 5.74) is 6.78. The van der Waals surface area contributed by atoms with Crippen LogP contribution in [0, 0.1) is 6.92 Å². The van der Waals surface area contributed by atoms with E-state index >= 15 is 0 Å². The van der Waals surface area contributed by atoms with Crippen molar-refractivity contribution in [2.75, 3.05) is 11.9 Å². The summed E-state index contributed by atoms with van der Waals surface area (Å²) in [4.78, 5) is 12.4. The third-order valence-corrected chi connectivity index (χ3v) is 3.95. The number of pyridine rings is 1. The molecule has 0 unspecified atom stereocenters. The first kappa shape index (κ1) is 11.5. The van der Waals surface area contributed by atoms with Crippen molar-refractivity contribution in [3.63, 3.8) is 0 Å². The first-order valence-electron chi connectivity index (χ1n) is 7.00. The van der Waals surface area contributed by atoms with Gasteiger partial charge in [-0.3, -0.25) is 0 Å². The number of benzene rings is 1. The van der Waals surface area contributed by atoms with E-state index in [1.807, 2.05) is 12.3 Å². The Balaban J connectivity index is 1.93. The fourth-order valence-corrected chi connectivity index (χ4v) is 2.89. The normalized spacial score (nSPS) is 14.1. The highest BCUT2D eigenvalue weighted by molar-refractivity contribution is 5.81. The van der Waals surface area contributed by atoms with Crippen molar-refractivity contribution < 1.29 is 0 Å². The molecule has 0 saturated carbocycles. The van der Waals surface area contributed by atoms with Crippen LogP contribution in [0.2, 0.25) is 0 Å². The van der Waals surface area contributed by atoms with Crippen LogP contribution in [0.25, 0.3) is 22.6 Å². The number of anilines is 1. The van der Waals surface area contributed by atoms with E-state index in [0.29, 0.717) is 0 Å². The Morgan fingerprint density at radius 1 is 1.20 bits per heavy atom. The van der Waals surface area contributed by atoms with Gasteiger partial charge in [-0.1, -0.05) is 12.1 Å². The van der Waals surface area contributed by atoms with Gasteiger partial charge in [-0.05, 0) is 43.0 Å². The van der Waals surface area contributed by atoms with Gasteiger partial charge < -0.3 is 10.3 Å². The summed E-state index contributed by atoms with van der Waals surface area (Å²) in [6.07, 6.45) is 4.08. The van der Waals surface area contributed by atoms with Crippen LogP contribution in [0.5, 0.6) is 0 Å². The molecule has 1 aliphatic heterocycles. The molecule has 0 spiro atoms. The number of imidazole rings is 1. The van der Waals surface area contributed by atoms with Crippen LogP contribution in [0.15, 0.2) is 30.5 Å². The van der Waals surface area contributed by atoms with Crippen molar-refractivity contribution in [3.05, 3.63) is 41.6 Å². The number of rotatable bonds is 1. The third kappa shape index (κ3) is 1.68. The minimum absolute atomic E-state index is 0.793. The number of aryl methyl sites for hydroxylation is 1. The van der Waals surface area contributed by atoms with Crippen molar-refractivity contribution in [3.8, 4) is 11.4 Å². The summed E-state index contributed by atoms with van der Waals surface area (Å²) >= 11 is 0. The molecule has 1 aromatic carbocycles. The van der Waals surface area contributed by atoms with Crippen LogP contribution in [0.4, 0.5) is 5.69 Å². The lowest BCUT2D eigenvalue weighted by molar-refractivity contribution is 0.831. The Bertz CT molecular complexity index is 788. The number of fused-ring (bicyclic) bond motifs is 2. The minimum Gasteiger partial charge on any atom is -0.385 e. The number of nitrogens with zero attached hydrogens (tertiary/aromatic N) is 2. The quantitative estimate of drug-likeness (QED) is 0.709. The second kappa shape index (κ2) is 4.34. The molecule has 20 heavy (non-hydrogen) atoms. The van der Waals surface area contributed by atoms with Crippen molar-refractivity contribution >= 4 is 16.9 Å². The minimum atomic E-state index is 0.793. The van der Waals surface area contributed by atoms with Gasteiger partial charge in [0.15, 0.2) is 5.65 Å². The summed E-state index contributed by atoms with van der Waals surface area (Å²) in [6.45, 7) is 3.13. The largest absolute Gasteiger partial charge is 0.385 e. The fraction of sp³-hybridized carbons (Fsp3) is 0.250. The van der Waals surface area contributed by atoms with Crippen LogP contribution < -0.4 is 5.32 Å². The van der Waals surface area contributed by atoms with Crippen LogP contribution in [0.3, 0.4) is 0 Å². The zero-order valence-electron chi connectivity index (χ0n) is 11.4. The summed E-state index contributed by atoms with van der Waals surface area (Å²) in [5.74, 6) is 0.919. The molecule has 0 saturated heterocycles. The summed E-state index contributed by atoms with van der Waals surface area (Å²) < 4.78 is 0. The maximum Gasteiger partial charge on any atom is 0.178 e. The van der Waals surface area contributed by atoms with Crippen LogP contribution in [-0.2, 0) is 6.42 Å². The number of hydrogen-bond acceptors (Lipinski definition) is 3. The number of H-pyrrole nitrogens is 1. The van der Waals surface area contributed by atoms with Crippen molar-refractivity contribution in [2.24, 2.45) is 0 Å². The van der Waals surface area contributed by atoms with Gasteiger partial charge in [0, 0.05) is 24.0 Å². The third-order valence-electron chi connectivity index (χ3n) is 3.95. The van der Waals surface area contributed by atoms with E-state index < -0.39 is 0 Å². The molecule has 100 valence electrons. The lowest BCUT2D eigenvalue weighted by atomic mass is 9.97. The molecule has 0 atom stereocenters. The predicted octanol–water partition coefficient (Wildman–Crippen LogP) is 3.29. The fourth-order valence-electron chi connectivity index (χ4n) is 2.89. The average molecular weight is 264 g/mol. The monoisotopic (exact) mass is 264 g/mol. The second-order valence-electron chi connectivity index (χ2n) is 5.27. The first-order valence-corrected chi connectivity index (χ1v) is 7.00. The maximum absolute atomic E-state index is 4.66. The molecule has 1 aliphatic rings. The number of hydrogen-bond donors (Lipinski definition) is 2. The van der Waals surface area contributed by atoms with Gasteiger partial charge in [0.25, 0.3) is 0 Å². The summed E-state index contributed by atoms with van der Waals surface area (Å²) in [5, 5.41) is 3.46. The van der Waals surface area contributed by atoms with Crippen molar-refractivity contribution in [2.45, 2.75) is 19.8 Å². The molecule has 3 heterocycles. The Morgan fingerprint density at radius 2 is 2.15 bits per heavy atom. The highest BCUT2D eigenvalue weighted by Gasteiger charge is 2.16. The molecule has 0 bridgehead atoms. The molecule has 4 heteroatoms. The zero-order valence-corrected chi connectivity index (χ0v) is 11.4. The summed E-state index contributed by atoms with van der Waals surface area (Å²) in [7, 11) is 0. The van der Waals surface area contributed by atoms with Gasteiger partial charge in [0.2, 0.25) is 0 Å². The topological polar surface area (TPSA) is 53.6 Å². The SMILES string of the molecule is Cc1ccnc2nc(-c3cccc4c3CCCN4)[nH]c12. The van der Waals surface area contributed by atoms with Gasteiger partial charge in [-0.2, -0.15) is 0 Å². The zero-order chi connectivity index (χ0) is 13.5. The van der Waals surface area contributed by atoms with E-state index in [0.717, 1.165) is 30.0 Å². The van der Waals surface area contributed by atoms with E-state index in [4.69, 9.17) is 0 Å². The molecule has 4 nitrogen and oxygen atoms in total. The Labute approximate surface area is 117 Å². The highest BCUT2D eigenvalue weighted by atomic mass is 15.0. The molecule has 3 aromatic rings. The standard InChI is InChI=1S/C16H16N4/c1-10-7-9-18-16-14(10)19-15(20-16)12-4-2-6-13-11(12)5-3-8-17-13/h2,4,6-7,9,17H,3,5,8H2,1H3,(H,18,19,20). The van der Waals surface area contributed by atoms with Gasteiger partial charge in [0.1, 0.15) is 5.82 Å². The molecular formula is C16H16N4. The Kier molecular flexibility index (Phi) is 2.49. The van der Waals surface area contributed by atoms with E-state index in [1.54, 1.807) is 0 Å². The molecule has 4 rings (SSSR count). The van der Waals surface area contributed by atoms with E-state index in [1.165, 1.54) is 28.8 Å². The molecular weight excluding hydrogens is 248 g/mol. The van der Waals surface area contributed by atoms with E-state index in [-0.39, 0.29) is 0 Å². The lowest BCUT2D eigenvalue weighted by Crippen LogP contribution is -2.12. The second-order valence-corrected chi connectivity index (χ2v) is 5.27. The number of aromatic nitrogens is 3. The van der Waals surface area contributed by atoms with Crippen LogP contribution in [-0.4, -0.2) is 21.5 Å². The van der Waals surface area contributed by atoms with Crippen LogP contribution >= 0.6 is 0 Å². The Hall–Kier alpha value is -2.36. The van der Waals surface area contributed by atoms with Crippen LogP contribution in [0.1, 0.15) is 17.5 Å². The molecule has 0 radical (unpaired) electrons. The maximum atomic E-state index is 4.66. The first-order chi connectivity index (χ1) is 9.83. The molecule has 2 N–H and O–H groups in total. The molecule has 0 aliphatic carbocycles. The van der Waals surface area contributed by atoms with Crippen molar-refractivity contribution in [1.29, 1.82) is 0 Å². The Morgan fingerprint density at radius 3 is 3.05 bits per heavy atom. The van der Waals surface area contributed by atoms with E-state index in [9.17, 15) is 0 Å². The van der Waals surface area contributed by atoms with Gasteiger partial charge >= 0.3 is 0 Å². The van der Waals surface area contributed by atoms with Gasteiger partial charge in [-0.15, -0.1) is 0 Å². The van der Waals surface area contributed by atoms with E-state index in [2.05, 4.69) is 45.4 Å². The predicted molar refractivity (Wildman–Crippen MR) is 80.9 cm³/mol. The van der Waals surface area contributed by atoms with Gasteiger partial charge in [0.05, 0.1) is 5.52 Å². The number of nitrogens with one attached hydrogen (secondary N) is 2. The average Bonchev–Trinajstić information content (AvgIpc) is 2.92. The smallest absolute Gasteiger partial charge is 0.178 e. The molecule has 0 fully saturated rings. The summed E-state index contributed by atoms with van der Waals surface area (Å²) in [6, 6.07) is 8.37. The lowest BCUT2D eigenvalue weighted by Gasteiger charge is -2.20. The molecule has 0 amide bonds. The number of aromatic amines is 1.